The van der Waals surface area contributed by atoms with Gasteiger partial charge in [0.25, 0.3) is 0 Å². The van der Waals surface area contributed by atoms with Gasteiger partial charge in [-0.05, 0) is 43.2 Å². The summed E-state index contributed by atoms with van der Waals surface area (Å²) >= 11 is 9.49. The van der Waals surface area contributed by atoms with Crippen LogP contribution in [-0.4, -0.2) is 12.5 Å². The molecule has 2 aromatic carbocycles. The third-order valence-electron chi connectivity index (χ3n) is 3.28. The van der Waals surface area contributed by atoms with Crippen molar-refractivity contribution in [2.75, 3.05) is 12.5 Å². The summed E-state index contributed by atoms with van der Waals surface area (Å²) in [6.45, 7) is 2.77. The second-order valence-electron chi connectivity index (χ2n) is 4.85. The minimum atomic E-state index is 0.340. The van der Waals surface area contributed by atoms with Crippen LogP contribution in [0.3, 0.4) is 0 Å². The monoisotopic (exact) mass is 352 g/mol. The molecule has 0 aliphatic heterocycles. The Morgan fingerprint density at radius 2 is 1.70 bits per heavy atom. The maximum atomic E-state index is 6.08. The van der Waals surface area contributed by atoms with Gasteiger partial charge in [-0.25, -0.2) is 0 Å². The predicted octanol–water partition coefficient (Wildman–Crippen LogP) is 5.55. The molecule has 20 heavy (non-hydrogen) atoms. The number of benzene rings is 2. The molecule has 0 saturated heterocycles. The lowest BCUT2D eigenvalue weighted by Crippen LogP contribution is -2.07. The van der Waals surface area contributed by atoms with Gasteiger partial charge in [-0.2, -0.15) is 0 Å². The zero-order valence-electron chi connectivity index (χ0n) is 11.5. The Labute approximate surface area is 134 Å². The van der Waals surface area contributed by atoms with Crippen molar-refractivity contribution < 1.29 is 4.74 Å². The average Bonchev–Trinajstić information content (AvgIpc) is 2.47. The van der Waals surface area contributed by atoms with Crippen LogP contribution in [0.2, 0.25) is 0 Å². The van der Waals surface area contributed by atoms with Gasteiger partial charge in [0.1, 0.15) is 5.75 Å². The predicted molar refractivity (Wildman–Crippen MR) is 88.9 cm³/mol. The first-order chi connectivity index (χ1) is 9.69. The van der Waals surface area contributed by atoms with E-state index in [9.17, 15) is 0 Å². The number of halogens is 2. The van der Waals surface area contributed by atoms with E-state index in [0.717, 1.165) is 16.6 Å². The van der Waals surface area contributed by atoms with Crippen molar-refractivity contribution in [1.82, 2.24) is 0 Å². The van der Waals surface area contributed by atoms with Crippen LogP contribution in [-0.2, 0) is 0 Å². The number of hydrogen-bond acceptors (Lipinski definition) is 1. The molecule has 0 fully saturated rings. The molecule has 0 heterocycles. The van der Waals surface area contributed by atoms with Gasteiger partial charge in [0.2, 0.25) is 0 Å². The Hall–Kier alpha value is -0.990. The molecule has 0 radical (unpaired) electrons. The Balaban J connectivity index is 1.87. The number of hydrogen-bond donors (Lipinski definition) is 0. The second-order valence-corrected chi connectivity index (χ2v) is 6.08. The lowest BCUT2D eigenvalue weighted by Gasteiger charge is -2.15. The van der Waals surface area contributed by atoms with E-state index in [1.54, 1.807) is 0 Å². The fourth-order valence-corrected chi connectivity index (χ4v) is 2.62. The first-order valence-corrected chi connectivity index (χ1v) is 8.02. The molecule has 2 aromatic rings. The molecule has 0 aliphatic carbocycles. The molecule has 0 aromatic heterocycles. The van der Waals surface area contributed by atoms with Gasteiger partial charge in [0, 0.05) is 16.3 Å². The third-order valence-corrected chi connectivity index (χ3v) is 4.18. The molecule has 2 rings (SSSR count). The summed E-state index contributed by atoms with van der Waals surface area (Å²) in [5.74, 6) is 1.85. The van der Waals surface area contributed by atoms with E-state index in [0.29, 0.717) is 18.4 Å². The fraction of sp³-hybridized carbons (Fsp3) is 0.294. The number of aryl methyl sites for hydroxylation is 1. The quantitative estimate of drug-likeness (QED) is 0.619. The maximum Gasteiger partial charge on any atom is 0.119 e. The minimum absolute atomic E-state index is 0.340. The van der Waals surface area contributed by atoms with Crippen molar-refractivity contribution >= 4 is 27.5 Å². The van der Waals surface area contributed by atoms with Gasteiger partial charge in [-0.1, -0.05) is 45.8 Å². The molecule has 1 atom stereocenters. The molecular weight excluding hydrogens is 336 g/mol. The molecule has 0 bridgehead atoms. The highest BCUT2D eigenvalue weighted by molar-refractivity contribution is 9.10. The first kappa shape index (κ1) is 15.4. The molecule has 1 unspecified atom stereocenters. The van der Waals surface area contributed by atoms with Crippen molar-refractivity contribution in [2.45, 2.75) is 19.3 Å². The SMILES string of the molecule is Cc1ccc(C(CCl)CCOc2ccc(Br)cc2)cc1. The van der Waals surface area contributed by atoms with Crippen LogP contribution in [0.1, 0.15) is 23.5 Å². The number of alkyl halides is 1. The van der Waals surface area contributed by atoms with Crippen LogP contribution >= 0.6 is 27.5 Å². The Morgan fingerprint density at radius 1 is 1.05 bits per heavy atom. The minimum Gasteiger partial charge on any atom is -0.494 e. The van der Waals surface area contributed by atoms with Crippen LogP contribution in [0, 0.1) is 6.92 Å². The summed E-state index contributed by atoms with van der Waals surface area (Å²) in [7, 11) is 0. The second kappa shape index (κ2) is 7.70. The van der Waals surface area contributed by atoms with Gasteiger partial charge in [0.15, 0.2) is 0 Å². The van der Waals surface area contributed by atoms with Crippen molar-refractivity contribution in [1.29, 1.82) is 0 Å². The van der Waals surface area contributed by atoms with Crippen LogP contribution in [0.5, 0.6) is 5.75 Å². The molecular formula is C17H18BrClO. The molecule has 0 amide bonds. The first-order valence-electron chi connectivity index (χ1n) is 6.70. The fourth-order valence-electron chi connectivity index (χ4n) is 2.02. The van der Waals surface area contributed by atoms with Crippen molar-refractivity contribution in [2.24, 2.45) is 0 Å². The van der Waals surface area contributed by atoms with Crippen LogP contribution in [0.25, 0.3) is 0 Å². The Morgan fingerprint density at radius 3 is 2.30 bits per heavy atom. The summed E-state index contributed by atoms with van der Waals surface area (Å²) in [4.78, 5) is 0. The Bertz CT molecular complexity index is 522. The summed E-state index contributed by atoms with van der Waals surface area (Å²) in [5, 5.41) is 0. The van der Waals surface area contributed by atoms with Crippen molar-refractivity contribution in [3.63, 3.8) is 0 Å². The maximum absolute atomic E-state index is 6.08. The summed E-state index contributed by atoms with van der Waals surface area (Å²) < 4.78 is 6.82. The highest BCUT2D eigenvalue weighted by Gasteiger charge is 2.10. The Kier molecular flexibility index (Phi) is 5.93. The van der Waals surface area contributed by atoms with E-state index in [2.05, 4.69) is 47.1 Å². The lowest BCUT2D eigenvalue weighted by atomic mass is 9.97. The van der Waals surface area contributed by atoms with Crippen LogP contribution < -0.4 is 4.74 Å². The van der Waals surface area contributed by atoms with E-state index < -0.39 is 0 Å². The summed E-state index contributed by atoms with van der Waals surface area (Å²) in [5.41, 5.74) is 2.55. The molecule has 0 spiro atoms. The molecule has 106 valence electrons. The average molecular weight is 354 g/mol. The van der Waals surface area contributed by atoms with E-state index in [4.69, 9.17) is 16.3 Å². The van der Waals surface area contributed by atoms with Crippen molar-refractivity contribution in [3.05, 3.63) is 64.1 Å². The number of ether oxygens (including phenoxy) is 1. The third kappa shape index (κ3) is 4.53. The smallest absolute Gasteiger partial charge is 0.119 e. The van der Waals surface area contributed by atoms with E-state index >= 15 is 0 Å². The zero-order valence-corrected chi connectivity index (χ0v) is 13.8. The molecule has 0 saturated carbocycles. The highest BCUT2D eigenvalue weighted by atomic mass is 79.9. The van der Waals surface area contributed by atoms with E-state index in [1.165, 1.54) is 11.1 Å². The summed E-state index contributed by atoms with van der Waals surface area (Å²) in [6.07, 6.45) is 0.919. The number of rotatable bonds is 6. The van der Waals surface area contributed by atoms with Crippen LogP contribution in [0.4, 0.5) is 0 Å². The van der Waals surface area contributed by atoms with Gasteiger partial charge >= 0.3 is 0 Å². The van der Waals surface area contributed by atoms with Gasteiger partial charge in [0.05, 0.1) is 6.61 Å². The van der Waals surface area contributed by atoms with Gasteiger partial charge < -0.3 is 4.74 Å². The molecule has 0 aliphatic rings. The van der Waals surface area contributed by atoms with Crippen LogP contribution in [0.15, 0.2) is 53.0 Å². The van der Waals surface area contributed by atoms with E-state index in [-0.39, 0.29) is 0 Å². The van der Waals surface area contributed by atoms with Gasteiger partial charge in [-0.3, -0.25) is 0 Å². The highest BCUT2D eigenvalue weighted by Crippen LogP contribution is 2.23. The van der Waals surface area contributed by atoms with Crippen molar-refractivity contribution in [3.8, 4) is 5.75 Å². The zero-order chi connectivity index (χ0) is 14.4. The summed E-state index contributed by atoms with van der Waals surface area (Å²) in [6, 6.07) is 16.5. The topological polar surface area (TPSA) is 9.23 Å². The largest absolute Gasteiger partial charge is 0.494 e. The van der Waals surface area contributed by atoms with E-state index in [1.807, 2.05) is 24.3 Å². The normalized spacial score (nSPS) is 12.2. The molecule has 1 nitrogen and oxygen atoms in total. The van der Waals surface area contributed by atoms with Gasteiger partial charge in [-0.15, -0.1) is 11.6 Å². The molecule has 3 heteroatoms. The lowest BCUT2D eigenvalue weighted by molar-refractivity contribution is 0.301. The molecule has 0 N–H and O–H groups in total. The standard InChI is InChI=1S/C17H18BrClO/c1-13-2-4-14(5-3-13)15(12-19)10-11-20-17-8-6-16(18)7-9-17/h2-9,15H,10-12H2,1H3.